The molecular formula is C10H12N6O5S. The van der Waals surface area contributed by atoms with Crippen LogP contribution < -0.4 is 15.2 Å². The molecule has 0 saturated carbocycles. The third kappa shape index (κ3) is 2.95. The Bertz CT molecular complexity index is 853. The average Bonchev–Trinajstić information content (AvgIpc) is 2.82. The van der Waals surface area contributed by atoms with Gasteiger partial charge in [0.25, 0.3) is 5.95 Å². The number of rotatable bonds is 5. The van der Waals surface area contributed by atoms with Crippen molar-refractivity contribution in [2.75, 3.05) is 14.2 Å². The Morgan fingerprint density at radius 2 is 1.82 bits per heavy atom. The maximum Gasteiger partial charge on any atom is 0.375 e. The molecule has 0 saturated heterocycles. The lowest BCUT2D eigenvalue weighted by molar-refractivity contribution is 0.369. The van der Waals surface area contributed by atoms with E-state index in [4.69, 9.17) is 9.47 Å². The van der Waals surface area contributed by atoms with Crippen molar-refractivity contribution in [3.8, 4) is 17.7 Å². The highest BCUT2D eigenvalue weighted by Crippen LogP contribution is 2.16. The van der Waals surface area contributed by atoms with E-state index in [1.165, 1.54) is 20.3 Å². The number of hydrogen-bond acceptors (Lipinski definition) is 9. The summed E-state index contributed by atoms with van der Waals surface area (Å²) >= 11 is 0. The molecule has 0 bridgehead atoms. The fourth-order valence-corrected chi connectivity index (χ4v) is 1.89. The van der Waals surface area contributed by atoms with Gasteiger partial charge in [-0.2, -0.15) is 18.4 Å². The van der Waals surface area contributed by atoms with Gasteiger partial charge in [-0.3, -0.25) is 0 Å². The monoisotopic (exact) mass is 328 g/mol. The molecule has 0 aromatic carbocycles. The molecule has 0 unspecified atom stereocenters. The van der Waals surface area contributed by atoms with Crippen molar-refractivity contribution in [2.45, 2.75) is 13.3 Å². The van der Waals surface area contributed by atoms with Crippen LogP contribution in [0, 0.1) is 0 Å². The molecule has 0 amide bonds. The van der Waals surface area contributed by atoms with Crippen LogP contribution in [0.3, 0.4) is 0 Å². The van der Waals surface area contributed by atoms with Gasteiger partial charge in [0.1, 0.15) is 0 Å². The van der Waals surface area contributed by atoms with Crippen molar-refractivity contribution >= 4 is 10.5 Å². The third-order valence-corrected chi connectivity index (χ3v) is 2.86. The number of aryl methyl sites for hydroxylation is 1. The first-order valence-electron chi connectivity index (χ1n) is 6.00. The summed E-state index contributed by atoms with van der Waals surface area (Å²) < 4.78 is 36.0. The number of nitrogens with zero attached hydrogens (tertiary/aromatic N) is 6. The van der Waals surface area contributed by atoms with Crippen molar-refractivity contribution in [1.29, 1.82) is 0 Å². The molecule has 22 heavy (non-hydrogen) atoms. The number of methoxy groups -OCH3 is 2. The molecule has 2 aromatic rings. The fourth-order valence-electron chi connectivity index (χ4n) is 1.60. The summed E-state index contributed by atoms with van der Waals surface area (Å²) in [5.41, 5.74) is -0.823. The third-order valence-electron chi connectivity index (χ3n) is 2.56. The molecule has 118 valence electrons. The molecule has 2 heterocycles. The maximum atomic E-state index is 12.2. The van der Waals surface area contributed by atoms with Crippen molar-refractivity contribution in [3.63, 3.8) is 0 Å². The summed E-state index contributed by atoms with van der Waals surface area (Å²) in [5, 5.41) is 3.97. The van der Waals surface area contributed by atoms with E-state index >= 15 is 0 Å². The molecule has 0 radical (unpaired) electrons. The largest absolute Gasteiger partial charge is 0.481 e. The first-order chi connectivity index (χ1) is 10.5. The van der Waals surface area contributed by atoms with Crippen LogP contribution in [0.5, 0.6) is 11.8 Å². The highest BCUT2D eigenvalue weighted by Gasteiger charge is 2.17. The van der Waals surface area contributed by atoms with Crippen molar-refractivity contribution in [1.82, 2.24) is 24.4 Å². The van der Waals surface area contributed by atoms with Crippen LogP contribution >= 0.6 is 0 Å². The first kappa shape index (κ1) is 15.6. The topological polar surface area (TPSA) is 131 Å². The molecule has 11 nitrogen and oxygen atoms in total. The summed E-state index contributed by atoms with van der Waals surface area (Å²) in [4.78, 5) is 20.2. The van der Waals surface area contributed by atoms with Crippen LogP contribution in [0.25, 0.3) is 5.95 Å². The van der Waals surface area contributed by atoms with Gasteiger partial charge in [-0.05, 0) is 4.47 Å². The smallest absolute Gasteiger partial charge is 0.375 e. The lowest BCUT2D eigenvalue weighted by Crippen LogP contribution is -2.23. The van der Waals surface area contributed by atoms with Crippen LogP contribution in [-0.4, -0.2) is 47.1 Å². The second-order valence-corrected chi connectivity index (χ2v) is 4.42. The number of hydrogen-bond donors (Lipinski definition) is 0. The molecule has 0 N–H and O–H groups in total. The Morgan fingerprint density at radius 3 is 2.27 bits per heavy atom. The van der Waals surface area contributed by atoms with Gasteiger partial charge in [0, 0.05) is 6.42 Å². The fraction of sp³-hybridized carbons (Fsp3) is 0.400. The summed E-state index contributed by atoms with van der Waals surface area (Å²) in [5.74, 6) is 0.331. The molecule has 0 atom stereocenters. The standard InChI is InChI=1S/C10H12N6O5S/c1-4-6-13-16(10(17)15(6)14-22(18)19)9-11-7(20-2)5-8(12-9)21-3/h5H,4H2,1-3H3. The van der Waals surface area contributed by atoms with E-state index in [1.807, 2.05) is 0 Å². The van der Waals surface area contributed by atoms with Gasteiger partial charge in [-0.15, -0.1) is 14.5 Å². The van der Waals surface area contributed by atoms with Gasteiger partial charge in [-0.1, -0.05) is 6.92 Å². The SMILES string of the molecule is CCc1nn(-c2nc(OC)cc(OC)n2)c(=O)n1N=S(=O)=O. The lowest BCUT2D eigenvalue weighted by Gasteiger charge is -2.04. The molecule has 0 aliphatic rings. The first-order valence-corrected chi connectivity index (χ1v) is 7.03. The van der Waals surface area contributed by atoms with Crippen molar-refractivity contribution in [2.24, 2.45) is 4.47 Å². The maximum absolute atomic E-state index is 12.2. The molecule has 2 aromatic heterocycles. The minimum atomic E-state index is -2.80. The Balaban J connectivity index is 2.71. The lowest BCUT2D eigenvalue weighted by atomic mass is 10.5. The zero-order chi connectivity index (χ0) is 16.3. The molecule has 12 heteroatoms. The van der Waals surface area contributed by atoms with Gasteiger partial charge in [0.05, 0.1) is 20.3 Å². The molecule has 0 fully saturated rings. The average molecular weight is 328 g/mol. The van der Waals surface area contributed by atoms with E-state index in [2.05, 4.69) is 19.5 Å². The minimum Gasteiger partial charge on any atom is -0.481 e. The highest BCUT2D eigenvalue weighted by molar-refractivity contribution is 7.61. The zero-order valence-electron chi connectivity index (χ0n) is 11.9. The van der Waals surface area contributed by atoms with E-state index in [0.717, 1.165) is 4.68 Å². The van der Waals surface area contributed by atoms with E-state index in [1.54, 1.807) is 6.92 Å². The van der Waals surface area contributed by atoms with Crippen molar-refractivity contribution < 1.29 is 17.9 Å². The predicted molar refractivity (Wildman–Crippen MR) is 72.6 cm³/mol. The van der Waals surface area contributed by atoms with Gasteiger partial charge in [-0.25, -0.2) is 4.79 Å². The van der Waals surface area contributed by atoms with Crippen LogP contribution in [0.1, 0.15) is 12.7 Å². The minimum absolute atomic E-state index is 0.124. The Morgan fingerprint density at radius 1 is 1.23 bits per heavy atom. The summed E-state index contributed by atoms with van der Waals surface area (Å²) in [6.45, 7) is 1.69. The van der Waals surface area contributed by atoms with E-state index in [9.17, 15) is 13.2 Å². The predicted octanol–water partition coefficient (Wildman–Crippen LogP) is -0.771. The molecule has 0 aliphatic heterocycles. The number of aromatic nitrogens is 5. The Kier molecular flexibility index (Phi) is 4.50. The van der Waals surface area contributed by atoms with E-state index in [-0.39, 0.29) is 30.0 Å². The number of ether oxygens (including phenoxy) is 2. The summed E-state index contributed by atoms with van der Waals surface area (Å²) in [6.07, 6.45) is 0.282. The van der Waals surface area contributed by atoms with Gasteiger partial charge >= 0.3 is 16.2 Å². The van der Waals surface area contributed by atoms with Crippen LogP contribution in [0.4, 0.5) is 0 Å². The van der Waals surface area contributed by atoms with Crippen LogP contribution in [-0.2, 0) is 16.9 Å². The van der Waals surface area contributed by atoms with E-state index in [0.29, 0.717) is 4.68 Å². The molecule has 0 aliphatic carbocycles. The molecular weight excluding hydrogens is 316 g/mol. The molecule has 2 rings (SSSR count). The van der Waals surface area contributed by atoms with Crippen LogP contribution in [0.2, 0.25) is 0 Å². The van der Waals surface area contributed by atoms with E-state index < -0.39 is 16.2 Å². The normalized spacial score (nSPS) is 10.3. The second-order valence-electron chi connectivity index (χ2n) is 3.83. The van der Waals surface area contributed by atoms with Crippen LogP contribution in [0.15, 0.2) is 15.3 Å². The Labute approximate surface area is 125 Å². The van der Waals surface area contributed by atoms with Crippen molar-refractivity contribution in [3.05, 3.63) is 22.4 Å². The molecule has 0 spiro atoms. The zero-order valence-corrected chi connectivity index (χ0v) is 12.7. The van der Waals surface area contributed by atoms with Gasteiger partial charge in [0.15, 0.2) is 5.82 Å². The highest BCUT2D eigenvalue weighted by atomic mass is 32.2. The summed E-state index contributed by atoms with van der Waals surface area (Å²) in [7, 11) is -0.0209. The second kappa shape index (κ2) is 6.34. The Hall–Kier alpha value is -2.76. The van der Waals surface area contributed by atoms with Gasteiger partial charge in [0.2, 0.25) is 11.8 Å². The quantitative estimate of drug-likeness (QED) is 0.699. The van der Waals surface area contributed by atoms with Gasteiger partial charge < -0.3 is 9.47 Å². The summed E-state index contributed by atoms with van der Waals surface area (Å²) in [6, 6.07) is 1.42.